The predicted molar refractivity (Wildman–Crippen MR) is 159 cm³/mol. The van der Waals surface area contributed by atoms with Crippen molar-refractivity contribution in [1.82, 2.24) is 19.2 Å². The fourth-order valence-corrected chi connectivity index (χ4v) is 6.22. The zero-order valence-electron chi connectivity index (χ0n) is 24.6. The van der Waals surface area contributed by atoms with Gasteiger partial charge in [-0.1, -0.05) is 13.8 Å². The first kappa shape index (κ1) is 27.7. The Hall–Kier alpha value is -2.90. The standard InChI is InChI=1S/C32H45N5O2/c1-7-34-16-18-35(19-17-34)25(6)31-24(5)28(32(38)39-22(2)3)20-29-27(12-15-37(29)31)26-8-9-30(33-21-26)36-13-10-23(4)11-14-36/h8-9,12,15,20-23,25H,7,10-11,13-14,16-19H2,1-6H3. The van der Waals surface area contributed by atoms with Crippen molar-refractivity contribution in [2.75, 3.05) is 50.7 Å². The van der Waals surface area contributed by atoms with Gasteiger partial charge in [-0.05, 0) is 82.8 Å². The molecule has 3 aromatic rings. The highest BCUT2D eigenvalue weighted by Crippen LogP contribution is 2.34. The van der Waals surface area contributed by atoms with E-state index in [4.69, 9.17) is 9.72 Å². The molecule has 2 fully saturated rings. The Morgan fingerprint density at radius 3 is 2.38 bits per heavy atom. The molecule has 0 spiro atoms. The number of anilines is 1. The maximum Gasteiger partial charge on any atom is 0.338 e. The van der Waals surface area contributed by atoms with Crippen molar-refractivity contribution in [2.24, 2.45) is 5.92 Å². The number of carbonyl (C=O) groups excluding carboxylic acids is 1. The van der Waals surface area contributed by atoms with E-state index < -0.39 is 0 Å². The summed E-state index contributed by atoms with van der Waals surface area (Å²) in [5, 5.41) is 0. The number of ether oxygens (including phenoxy) is 1. The van der Waals surface area contributed by atoms with Crippen molar-refractivity contribution >= 4 is 17.3 Å². The second-order valence-corrected chi connectivity index (χ2v) is 11.7. The van der Waals surface area contributed by atoms with Crippen LogP contribution in [-0.2, 0) is 4.74 Å². The van der Waals surface area contributed by atoms with Gasteiger partial charge in [-0.3, -0.25) is 4.90 Å². The Balaban J connectivity index is 1.53. The van der Waals surface area contributed by atoms with E-state index in [1.165, 1.54) is 12.8 Å². The molecule has 2 aliphatic heterocycles. The van der Waals surface area contributed by atoms with Gasteiger partial charge in [0.2, 0.25) is 0 Å². The molecule has 0 radical (unpaired) electrons. The summed E-state index contributed by atoms with van der Waals surface area (Å²) in [6, 6.07) is 8.67. The van der Waals surface area contributed by atoms with Gasteiger partial charge in [0.1, 0.15) is 5.82 Å². The summed E-state index contributed by atoms with van der Waals surface area (Å²) in [5.74, 6) is 1.58. The maximum atomic E-state index is 13.3. The predicted octanol–water partition coefficient (Wildman–Crippen LogP) is 5.81. The molecule has 0 aliphatic carbocycles. The zero-order valence-corrected chi connectivity index (χ0v) is 24.6. The second-order valence-electron chi connectivity index (χ2n) is 11.7. The third-order valence-electron chi connectivity index (χ3n) is 8.78. The van der Waals surface area contributed by atoms with E-state index in [0.717, 1.165) is 85.5 Å². The quantitative estimate of drug-likeness (QED) is 0.359. The first-order valence-corrected chi connectivity index (χ1v) is 14.8. The normalized spacial score (nSPS) is 18.7. The average molecular weight is 532 g/mol. The fourth-order valence-electron chi connectivity index (χ4n) is 6.22. The SMILES string of the molecule is CCN1CCN(C(C)c2c(C)c(C(=O)OC(C)C)cc3c(-c4ccc(N5CCC(C)CC5)nc4)ccn23)CC1. The third-order valence-corrected chi connectivity index (χ3v) is 8.78. The van der Waals surface area contributed by atoms with Crippen molar-refractivity contribution in [3.8, 4) is 11.1 Å². The number of nitrogens with zero attached hydrogens (tertiary/aromatic N) is 5. The van der Waals surface area contributed by atoms with E-state index in [1.807, 2.05) is 26.1 Å². The van der Waals surface area contributed by atoms with Crippen LogP contribution in [-0.4, -0.2) is 77.1 Å². The average Bonchev–Trinajstić information content (AvgIpc) is 3.36. The summed E-state index contributed by atoms with van der Waals surface area (Å²) >= 11 is 0. The number of likely N-dealkylation sites (N-methyl/N-ethyl adjacent to an activating group) is 1. The summed E-state index contributed by atoms with van der Waals surface area (Å²) in [4.78, 5) is 25.6. The number of hydrogen-bond acceptors (Lipinski definition) is 6. The number of piperidine rings is 1. The van der Waals surface area contributed by atoms with Crippen molar-refractivity contribution in [2.45, 2.75) is 66.5 Å². The van der Waals surface area contributed by atoms with Crippen LogP contribution in [0.3, 0.4) is 0 Å². The number of aromatic nitrogens is 2. The van der Waals surface area contributed by atoms with E-state index in [2.05, 4.69) is 71.2 Å². The minimum Gasteiger partial charge on any atom is -0.459 e. The van der Waals surface area contributed by atoms with E-state index in [-0.39, 0.29) is 18.1 Å². The largest absolute Gasteiger partial charge is 0.459 e. The molecule has 0 bridgehead atoms. The topological polar surface area (TPSA) is 53.3 Å². The Morgan fingerprint density at radius 1 is 1.05 bits per heavy atom. The molecule has 0 N–H and O–H groups in total. The van der Waals surface area contributed by atoms with Gasteiger partial charge in [0.05, 0.1) is 17.2 Å². The first-order chi connectivity index (χ1) is 18.8. The summed E-state index contributed by atoms with van der Waals surface area (Å²) in [6.45, 7) is 20.1. The number of hydrogen-bond donors (Lipinski definition) is 0. The number of pyridine rings is 2. The van der Waals surface area contributed by atoms with Crippen LogP contribution in [0.5, 0.6) is 0 Å². The summed E-state index contributed by atoms with van der Waals surface area (Å²) in [7, 11) is 0. The van der Waals surface area contributed by atoms with Crippen LogP contribution >= 0.6 is 0 Å². The number of piperazine rings is 1. The van der Waals surface area contributed by atoms with Crippen LogP contribution in [0.25, 0.3) is 16.6 Å². The van der Waals surface area contributed by atoms with Gasteiger partial charge in [0.25, 0.3) is 0 Å². The molecule has 0 amide bonds. The molecule has 39 heavy (non-hydrogen) atoms. The highest BCUT2D eigenvalue weighted by Gasteiger charge is 2.28. The molecule has 7 heteroatoms. The number of carbonyl (C=O) groups is 1. The van der Waals surface area contributed by atoms with Crippen molar-refractivity contribution < 1.29 is 9.53 Å². The molecule has 2 saturated heterocycles. The lowest BCUT2D eigenvalue weighted by Crippen LogP contribution is -2.47. The lowest BCUT2D eigenvalue weighted by molar-refractivity contribution is 0.0376. The van der Waals surface area contributed by atoms with Crippen molar-refractivity contribution in [3.63, 3.8) is 0 Å². The Bertz CT molecular complexity index is 1280. The van der Waals surface area contributed by atoms with E-state index >= 15 is 0 Å². The highest BCUT2D eigenvalue weighted by atomic mass is 16.5. The van der Waals surface area contributed by atoms with E-state index in [0.29, 0.717) is 5.56 Å². The molecule has 210 valence electrons. The molecule has 0 saturated carbocycles. The highest BCUT2D eigenvalue weighted by molar-refractivity contribution is 5.95. The summed E-state index contributed by atoms with van der Waals surface area (Å²) in [6.07, 6.45) is 6.41. The van der Waals surface area contributed by atoms with Gasteiger partial charge in [-0.15, -0.1) is 0 Å². The van der Waals surface area contributed by atoms with E-state index in [1.54, 1.807) is 0 Å². The molecule has 1 atom stereocenters. The smallest absolute Gasteiger partial charge is 0.338 e. The molecular formula is C32H45N5O2. The molecule has 0 aromatic carbocycles. The van der Waals surface area contributed by atoms with Gasteiger partial charge in [-0.25, -0.2) is 9.78 Å². The molecule has 2 aliphatic rings. The Morgan fingerprint density at radius 2 is 1.77 bits per heavy atom. The van der Waals surface area contributed by atoms with Crippen LogP contribution in [0.4, 0.5) is 5.82 Å². The molecule has 5 heterocycles. The molecular weight excluding hydrogens is 486 g/mol. The molecule has 5 rings (SSSR count). The van der Waals surface area contributed by atoms with Gasteiger partial charge in [0, 0.05) is 74.5 Å². The summed E-state index contributed by atoms with van der Waals surface area (Å²) in [5.41, 5.74) is 5.97. The van der Waals surface area contributed by atoms with Gasteiger partial charge < -0.3 is 18.9 Å². The molecule has 1 unspecified atom stereocenters. The minimum atomic E-state index is -0.255. The third kappa shape index (κ3) is 5.71. The maximum absolute atomic E-state index is 13.3. The number of rotatable bonds is 7. The van der Waals surface area contributed by atoms with E-state index in [9.17, 15) is 4.79 Å². The number of fused-ring (bicyclic) bond motifs is 1. The van der Waals surface area contributed by atoms with Crippen LogP contribution in [0.2, 0.25) is 0 Å². The first-order valence-electron chi connectivity index (χ1n) is 14.8. The molecule has 3 aromatic heterocycles. The van der Waals surface area contributed by atoms with Gasteiger partial charge in [-0.2, -0.15) is 0 Å². The van der Waals surface area contributed by atoms with Gasteiger partial charge >= 0.3 is 5.97 Å². The summed E-state index contributed by atoms with van der Waals surface area (Å²) < 4.78 is 7.99. The van der Waals surface area contributed by atoms with Crippen LogP contribution in [0, 0.1) is 12.8 Å². The van der Waals surface area contributed by atoms with Crippen LogP contribution in [0.15, 0.2) is 36.7 Å². The van der Waals surface area contributed by atoms with Crippen LogP contribution < -0.4 is 4.90 Å². The van der Waals surface area contributed by atoms with Crippen LogP contribution in [0.1, 0.15) is 75.1 Å². The number of esters is 1. The minimum absolute atomic E-state index is 0.167. The van der Waals surface area contributed by atoms with Crippen molar-refractivity contribution in [3.05, 3.63) is 53.5 Å². The Labute approximate surface area is 233 Å². The monoisotopic (exact) mass is 531 g/mol. The zero-order chi connectivity index (χ0) is 27.7. The molecule has 7 nitrogen and oxygen atoms in total. The lowest BCUT2D eigenvalue weighted by Gasteiger charge is -2.38. The Kier molecular flexibility index (Phi) is 8.29. The van der Waals surface area contributed by atoms with Crippen molar-refractivity contribution in [1.29, 1.82) is 0 Å². The van der Waals surface area contributed by atoms with Gasteiger partial charge in [0.15, 0.2) is 0 Å². The lowest BCUT2D eigenvalue weighted by atomic mass is 9.99. The second kappa shape index (κ2) is 11.7. The fraction of sp³-hybridized carbons (Fsp3) is 0.562.